The van der Waals surface area contributed by atoms with Crippen LogP contribution in [0.15, 0.2) is 29.3 Å². The first kappa shape index (κ1) is 11.2. The summed E-state index contributed by atoms with van der Waals surface area (Å²) in [6.45, 7) is 0.926. The van der Waals surface area contributed by atoms with Crippen molar-refractivity contribution in [3.05, 3.63) is 35.4 Å². The third-order valence-corrected chi connectivity index (χ3v) is 3.13. The van der Waals surface area contributed by atoms with Crippen LogP contribution in [0.1, 0.15) is 29.9 Å². The standard InChI is InChI=1S/C14H20N2/c1-16(2)11-15-10-13-8-5-7-12-6-3-4-9-14(12)13/h3-4,6,9,11,13H,5,7-8,10H2,1-2H3. The van der Waals surface area contributed by atoms with E-state index in [4.69, 9.17) is 0 Å². The highest BCUT2D eigenvalue weighted by molar-refractivity contribution is 5.53. The Labute approximate surface area is 98.0 Å². The van der Waals surface area contributed by atoms with Crippen LogP contribution in [0.3, 0.4) is 0 Å². The molecule has 0 saturated heterocycles. The molecule has 0 radical (unpaired) electrons. The summed E-state index contributed by atoms with van der Waals surface area (Å²) in [5.41, 5.74) is 3.04. The fourth-order valence-electron chi connectivity index (χ4n) is 2.38. The van der Waals surface area contributed by atoms with Crippen LogP contribution in [0.2, 0.25) is 0 Å². The summed E-state index contributed by atoms with van der Waals surface area (Å²) in [6, 6.07) is 8.82. The number of hydrogen-bond acceptors (Lipinski definition) is 1. The summed E-state index contributed by atoms with van der Waals surface area (Å²) in [7, 11) is 4.02. The van der Waals surface area contributed by atoms with E-state index in [1.54, 1.807) is 0 Å². The highest BCUT2D eigenvalue weighted by Gasteiger charge is 2.18. The van der Waals surface area contributed by atoms with Crippen molar-refractivity contribution < 1.29 is 0 Å². The van der Waals surface area contributed by atoms with Crippen LogP contribution in [-0.2, 0) is 6.42 Å². The fourth-order valence-corrected chi connectivity index (χ4v) is 2.38. The SMILES string of the molecule is CN(C)C=NCC1CCCc2ccccc21. The van der Waals surface area contributed by atoms with Crippen molar-refractivity contribution in [1.82, 2.24) is 4.90 Å². The van der Waals surface area contributed by atoms with Gasteiger partial charge in [0, 0.05) is 26.6 Å². The summed E-state index contributed by atoms with van der Waals surface area (Å²) in [5, 5.41) is 0. The predicted octanol–water partition coefficient (Wildman–Crippen LogP) is 2.70. The molecule has 0 spiro atoms. The molecule has 0 heterocycles. The van der Waals surface area contributed by atoms with Gasteiger partial charge in [-0.1, -0.05) is 24.3 Å². The maximum Gasteiger partial charge on any atom is 0.0844 e. The van der Waals surface area contributed by atoms with E-state index < -0.39 is 0 Å². The Hall–Kier alpha value is -1.31. The van der Waals surface area contributed by atoms with Crippen molar-refractivity contribution in [1.29, 1.82) is 0 Å². The summed E-state index contributed by atoms with van der Waals surface area (Å²) >= 11 is 0. The second kappa shape index (κ2) is 5.15. The van der Waals surface area contributed by atoms with Gasteiger partial charge in [0.05, 0.1) is 6.34 Å². The Kier molecular flexibility index (Phi) is 3.60. The largest absolute Gasteiger partial charge is 0.369 e. The predicted molar refractivity (Wildman–Crippen MR) is 69.2 cm³/mol. The van der Waals surface area contributed by atoms with Gasteiger partial charge in [-0.05, 0) is 30.4 Å². The Bertz CT molecular complexity index is 369. The molecule has 1 aromatic carbocycles. The van der Waals surface area contributed by atoms with E-state index in [2.05, 4.69) is 29.3 Å². The first-order chi connectivity index (χ1) is 7.77. The first-order valence-electron chi connectivity index (χ1n) is 6.01. The van der Waals surface area contributed by atoms with Gasteiger partial charge in [0.2, 0.25) is 0 Å². The van der Waals surface area contributed by atoms with Gasteiger partial charge in [0.15, 0.2) is 0 Å². The normalized spacial score (nSPS) is 19.8. The van der Waals surface area contributed by atoms with E-state index in [0.717, 1.165) is 6.54 Å². The third-order valence-electron chi connectivity index (χ3n) is 3.13. The van der Waals surface area contributed by atoms with Crippen molar-refractivity contribution in [3.8, 4) is 0 Å². The Balaban J connectivity index is 2.07. The number of fused-ring (bicyclic) bond motifs is 1. The second-order valence-electron chi connectivity index (χ2n) is 4.73. The van der Waals surface area contributed by atoms with Crippen molar-refractivity contribution in [3.63, 3.8) is 0 Å². The highest BCUT2D eigenvalue weighted by Crippen LogP contribution is 2.31. The summed E-state index contributed by atoms with van der Waals surface area (Å²) in [6.07, 6.45) is 5.74. The van der Waals surface area contributed by atoms with Crippen molar-refractivity contribution in [2.45, 2.75) is 25.2 Å². The van der Waals surface area contributed by atoms with Crippen molar-refractivity contribution in [2.24, 2.45) is 4.99 Å². The molecule has 1 aliphatic rings. The lowest BCUT2D eigenvalue weighted by Crippen LogP contribution is -2.14. The average Bonchev–Trinajstić information content (AvgIpc) is 2.29. The first-order valence-corrected chi connectivity index (χ1v) is 6.01. The zero-order chi connectivity index (χ0) is 11.4. The van der Waals surface area contributed by atoms with Gasteiger partial charge < -0.3 is 4.90 Å². The second-order valence-corrected chi connectivity index (χ2v) is 4.73. The average molecular weight is 216 g/mol. The van der Waals surface area contributed by atoms with Gasteiger partial charge >= 0.3 is 0 Å². The maximum atomic E-state index is 4.49. The van der Waals surface area contributed by atoms with E-state index in [-0.39, 0.29) is 0 Å². The molecule has 0 saturated carbocycles. The highest BCUT2D eigenvalue weighted by atomic mass is 15.1. The van der Waals surface area contributed by atoms with Crippen LogP contribution >= 0.6 is 0 Å². The molecule has 86 valence electrons. The Morgan fingerprint density at radius 1 is 1.38 bits per heavy atom. The van der Waals surface area contributed by atoms with Gasteiger partial charge in [-0.3, -0.25) is 4.99 Å². The molecule has 0 N–H and O–H groups in total. The van der Waals surface area contributed by atoms with E-state index in [9.17, 15) is 0 Å². The minimum absolute atomic E-state index is 0.626. The molecular formula is C14H20N2. The zero-order valence-electron chi connectivity index (χ0n) is 10.2. The Morgan fingerprint density at radius 3 is 3.00 bits per heavy atom. The molecule has 1 unspecified atom stereocenters. The molecule has 2 rings (SSSR count). The number of nitrogens with zero attached hydrogens (tertiary/aromatic N) is 2. The monoisotopic (exact) mass is 216 g/mol. The molecule has 1 aliphatic carbocycles. The molecule has 0 fully saturated rings. The van der Waals surface area contributed by atoms with Crippen molar-refractivity contribution >= 4 is 6.34 Å². The quantitative estimate of drug-likeness (QED) is 0.560. The number of benzene rings is 1. The van der Waals surface area contributed by atoms with Crippen LogP contribution in [0.4, 0.5) is 0 Å². The Morgan fingerprint density at radius 2 is 2.19 bits per heavy atom. The summed E-state index contributed by atoms with van der Waals surface area (Å²) in [5.74, 6) is 0.626. The molecule has 16 heavy (non-hydrogen) atoms. The molecular weight excluding hydrogens is 196 g/mol. The van der Waals surface area contributed by atoms with E-state index in [1.165, 1.54) is 30.4 Å². The number of aliphatic imine (C=N–C) groups is 1. The topological polar surface area (TPSA) is 15.6 Å². The zero-order valence-corrected chi connectivity index (χ0v) is 10.2. The number of rotatable bonds is 3. The fraction of sp³-hybridized carbons (Fsp3) is 0.500. The molecule has 0 bridgehead atoms. The maximum absolute atomic E-state index is 4.49. The number of aryl methyl sites for hydroxylation is 1. The van der Waals surface area contributed by atoms with Crippen LogP contribution in [0.5, 0.6) is 0 Å². The van der Waals surface area contributed by atoms with E-state index in [0.29, 0.717) is 5.92 Å². The lowest BCUT2D eigenvalue weighted by atomic mass is 9.83. The smallest absolute Gasteiger partial charge is 0.0844 e. The molecule has 2 heteroatoms. The lowest BCUT2D eigenvalue weighted by Gasteiger charge is -2.24. The summed E-state index contributed by atoms with van der Waals surface area (Å²) in [4.78, 5) is 6.49. The molecule has 1 atom stereocenters. The third kappa shape index (κ3) is 2.63. The van der Waals surface area contributed by atoms with Crippen LogP contribution in [0.25, 0.3) is 0 Å². The minimum Gasteiger partial charge on any atom is -0.369 e. The van der Waals surface area contributed by atoms with Crippen LogP contribution < -0.4 is 0 Å². The van der Waals surface area contributed by atoms with Gasteiger partial charge in [-0.25, -0.2) is 0 Å². The van der Waals surface area contributed by atoms with Gasteiger partial charge in [-0.15, -0.1) is 0 Å². The van der Waals surface area contributed by atoms with Crippen molar-refractivity contribution in [2.75, 3.05) is 20.6 Å². The molecule has 2 nitrogen and oxygen atoms in total. The van der Waals surface area contributed by atoms with Gasteiger partial charge in [0.1, 0.15) is 0 Å². The molecule has 0 aliphatic heterocycles. The van der Waals surface area contributed by atoms with Crippen LogP contribution in [-0.4, -0.2) is 31.9 Å². The lowest BCUT2D eigenvalue weighted by molar-refractivity contribution is 0.556. The van der Waals surface area contributed by atoms with E-state index in [1.807, 2.05) is 25.3 Å². The van der Waals surface area contributed by atoms with Gasteiger partial charge in [0.25, 0.3) is 0 Å². The van der Waals surface area contributed by atoms with E-state index >= 15 is 0 Å². The van der Waals surface area contributed by atoms with Crippen LogP contribution in [0, 0.1) is 0 Å². The molecule has 1 aromatic rings. The van der Waals surface area contributed by atoms with Gasteiger partial charge in [-0.2, -0.15) is 0 Å². The minimum atomic E-state index is 0.626. The molecule has 0 amide bonds. The summed E-state index contributed by atoms with van der Waals surface area (Å²) < 4.78 is 0. The molecule has 0 aromatic heterocycles. The number of hydrogen-bond donors (Lipinski definition) is 0.